The molecule has 1 aromatic carbocycles. The van der Waals surface area contributed by atoms with Crippen molar-refractivity contribution in [3.05, 3.63) is 35.5 Å². The maximum absolute atomic E-state index is 12.0. The van der Waals surface area contributed by atoms with Crippen LogP contribution in [-0.4, -0.2) is 35.9 Å². The standard InChI is InChI=1S/C15H15N3O3S2/c1-2-21-13(19)9-7-16-14(20)17-11(9)8-22-15-18-10-5-3-4-6-12(10)23-15/h3-6H,2,7-8H2,1H3,(H2,16,17,20). The summed E-state index contributed by atoms with van der Waals surface area (Å²) >= 11 is 3.08. The number of fused-ring (bicyclic) bond motifs is 1. The van der Waals surface area contributed by atoms with Gasteiger partial charge in [-0.15, -0.1) is 11.3 Å². The van der Waals surface area contributed by atoms with E-state index in [2.05, 4.69) is 15.6 Å². The highest BCUT2D eigenvalue weighted by molar-refractivity contribution is 8.01. The average Bonchev–Trinajstić information content (AvgIpc) is 2.96. The van der Waals surface area contributed by atoms with Crippen LogP contribution >= 0.6 is 23.1 Å². The molecule has 0 aliphatic carbocycles. The molecule has 6 nitrogen and oxygen atoms in total. The van der Waals surface area contributed by atoms with E-state index in [1.54, 1.807) is 18.3 Å². The van der Waals surface area contributed by atoms with Crippen molar-refractivity contribution in [2.45, 2.75) is 11.3 Å². The highest BCUT2D eigenvalue weighted by Gasteiger charge is 2.23. The normalized spacial score (nSPS) is 14.6. The minimum Gasteiger partial charge on any atom is -0.463 e. The maximum Gasteiger partial charge on any atom is 0.337 e. The van der Waals surface area contributed by atoms with Crippen molar-refractivity contribution in [2.24, 2.45) is 0 Å². The van der Waals surface area contributed by atoms with Crippen molar-refractivity contribution < 1.29 is 14.3 Å². The lowest BCUT2D eigenvalue weighted by Gasteiger charge is -2.20. The predicted molar refractivity (Wildman–Crippen MR) is 90.5 cm³/mol. The number of nitrogens with one attached hydrogen (secondary N) is 2. The molecule has 0 radical (unpaired) electrons. The van der Waals surface area contributed by atoms with Gasteiger partial charge < -0.3 is 15.4 Å². The Labute approximate surface area is 141 Å². The largest absolute Gasteiger partial charge is 0.463 e. The third-order valence-electron chi connectivity index (χ3n) is 3.19. The highest BCUT2D eigenvalue weighted by Crippen LogP contribution is 2.30. The van der Waals surface area contributed by atoms with Crippen LogP contribution in [0, 0.1) is 0 Å². The smallest absolute Gasteiger partial charge is 0.337 e. The average molecular weight is 349 g/mol. The first-order valence-corrected chi connectivity index (χ1v) is 8.90. The predicted octanol–water partition coefficient (Wildman–Crippen LogP) is 2.52. The zero-order valence-electron chi connectivity index (χ0n) is 12.4. The van der Waals surface area contributed by atoms with Crippen molar-refractivity contribution in [1.29, 1.82) is 0 Å². The van der Waals surface area contributed by atoms with Gasteiger partial charge in [-0.2, -0.15) is 0 Å². The van der Waals surface area contributed by atoms with Crippen LogP contribution in [0.3, 0.4) is 0 Å². The van der Waals surface area contributed by atoms with Crippen LogP contribution in [0.4, 0.5) is 4.79 Å². The number of carbonyl (C=O) groups excluding carboxylic acids is 2. The Balaban J connectivity index is 1.77. The van der Waals surface area contributed by atoms with E-state index in [4.69, 9.17) is 4.74 Å². The fourth-order valence-electron chi connectivity index (χ4n) is 2.12. The van der Waals surface area contributed by atoms with Crippen molar-refractivity contribution >= 4 is 45.3 Å². The quantitative estimate of drug-likeness (QED) is 0.640. The first-order chi connectivity index (χ1) is 11.2. The SMILES string of the molecule is CCOC(=O)C1=C(CSc2nc3ccccc3s2)NC(=O)NC1. The zero-order valence-corrected chi connectivity index (χ0v) is 14.1. The molecule has 2 N–H and O–H groups in total. The van der Waals surface area contributed by atoms with E-state index in [1.807, 2.05) is 24.3 Å². The van der Waals surface area contributed by atoms with E-state index in [0.717, 1.165) is 14.6 Å². The number of thioether (sulfide) groups is 1. The molecule has 0 atom stereocenters. The number of rotatable bonds is 5. The van der Waals surface area contributed by atoms with E-state index in [9.17, 15) is 9.59 Å². The summed E-state index contributed by atoms with van der Waals surface area (Å²) in [6.45, 7) is 2.23. The second kappa shape index (κ2) is 7.01. The molecule has 0 saturated carbocycles. The molecule has 0 unspecified atom stereocenters. The van der Waals surface area contributed by atoms with Crippen LogP contribution in [-0.2, 0) is 9.53 Å². The molecule has 0 fully saturated rings. The molecule has 23 heavy (non-hydrogen) atoms. The molecular weight excluding hydrogens is 334 g/mol. The molecule has 2 amide bonds. The molecule has 8 heteroatoms. The van der Waals surface area contributed by atoms with Crippen LogP contribution in [0.5, 0.6) is 0 Å². The molecule has 1 aliphatic rings. The van der Waals surface area contributed by atoms with Crippen LogP contribution in [0.25, 0.3) is 10.2 Å². The summed E-state index contributed by atoms with van der Waals surface area (Å²) in [4.78, 5) is 28.0. The van der Waals surface area contributed by atoms with Crippen molar-refractivity contribution in [3.63, 3.8) is 0 Å². The second-order valence-corrected chi connectivity index (χ2v) is 6.97. The highest BCUT2D eigenvalue weighted by atomic mass is 32.2. The molecule has 2 heterocycles. The lowest BCUT2D eigenvalue weighted by atomic mass is 10.2. The summed E-state index contributed by atoms with van der Waals surface area (Å²) < 4.78 is 7.05. The Morgan fingerprint density at radius 1 is 1.43 bits per heavy atom. The third kappa shape index (κ3) is 3.65. The first-order valence-electron chi connectivity index (χ1n) is 7.09. The van der Waals surface area contributed by atoms with Gasteiger partial charge in [0.1, 0.15) is 0 Å². The fraction of sp³-hybridized carbons (Fsp3) is 0.267. The fourth-order valence-corrected chi connectivity index (χ4v) is 4.17. The first kappa shape index (κ1) is 15.8. The maximum atomic E-state index is 12.0. The van der Waals surface area contributed by atoms with Gasteiger partial charge in [-0.05, 0) is 19.1 Å². The second-order valence-electron chi connectivity index (χ2n) is 4.72. The number of thiazole rings is 1. The van der Waals surface area contributed by atoms with Crippen molar-refractivity contribution in [3.8, 4) is 0 Å². The molecule has 1 aliphatic heterocycles. The number of benzene rings is 1. The Morgan fingerprint density at radius 3 is 3.04 bits per heavy atom. The minimum atomic E-state index is -0.403. The number of ether oxygens (including phenoxy) is 1. The van der Waals surface area contributed by atoms with Gasteiger partial charge in [0.2, 0.25) is 0 Å². The summed E-state index contributed by atoms with van der Waals surface area (Å²) in [6.07, 6.45) is 0. The number of aromatic nitrogens is 1. The minimum absolute atomic E-state index is 0.181. The van der Waals surface area contributed by atoms with Crippen LogP contribution in [0.15, 0.2) is 39.9 Å². The summed E-state index contributed by atoms with van der Waals surface area (Å²) in [5.74, 6) is 0.0568. The van der Waals surface area contributed by atoms with E-state index in [0.29, 0.717) is 23.6 Å². The molecule has 0 saturated heterocycles. The zero-order chi connectivity index (χ0) is 16.2. The van der Waals surface area contributed by atoms with Gasteiger partial charge in [0.25, 0.3) is 0 Å². The number of para-hydroxylation sites is 1. The topological polar surface area (TPSA) is 80.3 Å². The molecule has 120 valence electrons. The van der Waals surface area contributed by atoms with Gasteiger partial charge in [0.15, 0.2) is 4.34 Å². The lowest BCUT2D eigenvalue weighted by Crippen LogP contribution is -2.44. The Hall–Kier alpha value is -2.06. The molecule has 0 spiro atoms. The third-order valence-corrected chi connectivity index (χ3v) is 5.40. The van der Waals surface area contributed by atoms with Crippen LogP contribution < -0.4 is 10.6 Å². The van der Waals surface area contributed by atoms with Crippen molar-refractivity contribution in [2.75, 3.05) is 18.9 Å². The van der Waals surface area contributed by atoms with Gasteiger partial charge in [0.05, 0.1) is 28.9 Å². The molecular formula is C15H15N3O3S2. The molecule has 3 rings (SSSR count). The number of hydrogen-bond donors (Lipinski definition) is 2. The van der Waals surface area contributed by atoms with Gasteiger partial charge >= 0.3 is 12.0 Å². The van der Waals surface area contributed by atoms with Gasteiger partial charge in [-0.3, -0.25) is 0 Å². The molecule has 1 aromatic heterocycles. The van der Waals surface area contributed by atoms with E-state index < -0.39 is 5.97 Å². The molecule has 0 bridgehead atoms. The summed E-state index contributed by atoms with van der Waals surface area (Å²) in [5.41, 5.74) is 1.99. The number of nitrogens with zero attached hydrogens (tertiary/aromatic N) is 1. The number of amides is 2. The van der Waals surface area contributed by atoms with Gasteiger partial charge in [-0.1, -0.05) is 23.9 Å². The Morgan fingerprint density at radius 2 is 2.26 bits per heavy atom. The Bertz CT molecular complexity index is 752. The van der Waals surface area contributed by atoms with Gasteiger partial charge in [-0.25, -0.2) is 14.6 Å². The monoisotopic (exact) mass is 349 g/mol. The van der Waals surface area contributed by atoms with E-state index in [-0.39, 0.29) is 12.6 Å². The van der Waals surface area contributed by atoms with E-state index >= 15 is 0 Å². The lowest BCUT2D eigenvalue weighted by molar-refractivity contribution is -0.138. The number of carbonyl (C=O) groups is 2. The molecule has 2 aromatic rings. The van der Waals surface area contributed by atoms with Crippen LogP contribution in [0.2, 0.25) is 0 Å². The van der Waals surface area contributed by atoms with Crippen LogP contribution in [0.1, 0.15) is 6.92 Å². The summed E-state index contributed by atoms with van der Waals surface area (Å²) in [7, 11) is 0. The Kier molecular flexibility index (Phi) is 4.82. The summed E-state index contributed by atoms with van der Waals surface area (Å²) in [6, 6.07) is 7.60. The number of urea groups is 1. The van der Waals surface area contributed by atoms with Crippen molar-refractivity contribution in [1.82, 2.24) is 15.6 Å². The number of hydrogen-bond acceptors (Lipinski definition) is 6. The van der Waals surface area contributed by atoms with E-state index in [1.165, 1.54) is 11.8 Å². The van der Waals surface area contributed by atoms with Gasteiger partial charge in [0, 0.05) is 11.4 Å². The number of esters is 1. The summed E-state index contributed by atoms with van der Waals surface area (Å²) in [5, 5.41) is 5.28.